The Balaban J connectivity index is 1.84. The Morgan fingerprint density at radius 2 is 2.41 bits per heavy atom. The summed E-state index contributed by atoms with van der Waals surface area (Å²) in [6.45, 7) is 3.18. The number of pyridine rings is 1. The molecule has 2 aromatic heterocycles. The molecule has 1 saturated heterocycles. The number of nitrogens with zero attached hydrogens (tertiary/aromatic N) is 5. The molecule has 0 radical (unpaired) electrons. The number of ether oxygens (including phenoxy) is 1. The number of methoxy groups -OCH3 is 1. The van der Waals surface area contributed by atoms with E-state index in [9.17, 15) is 4.79 Å². The third-order valence-electron chi connectivity index (χ3n) is 3.88. The van der Waals surface area contributed by atoms with Gasteiger partial charge in [-0.05, 0) is 36.6 Å². The molecule has 22 heavy (non-hydrogen) atoms. The number of nitrogens with one attached hydrogen (secondary N) is 1. The molecule has 8 nitrogen and oxygen atoms in total. The van der Waals surface area contributed by atoms with Crippen LogP contribution in [-0.2, 0) is 4.74 Å². The summed E-state index contributed by atoms with van der Waals surface area (Å²) >= 11 is 0. The molecule has 8 heteroatoms. The van der Waals surface area contributed by atoms with Crippen LogP contribution in [0, 0.1) is 6.92 Å². The molecule has 3 rings (SSSR count). The minimum absolute atomic E-state index is 0.0447. The van der Waals surface area contributed by atoms with Crippen molar-refractivity contribution in [2.45, 2.75) is 25.8 Å². The van der Waals surface area contributed by atoms with Gasteiger partial charge in [0.1, 0.15) is 5.69 Å². The lowest BCUT2D eigenvalue weighted by atomic mass is 10.1. The number of carbonyl (C=O) groups excluding carboxylic acids is 1. The lowest BCUT2D eigenvalue weighted by molar-refractivity contribution is 0.0624. The highest BCUT2D eigenvalue weighted by Crippen LogP contribution is 2.22. The highest BCUT2D eigenvalue weighted by Gasteiger charge is 2.30. The summed E-state index contributed by atoms with van der Waals surface area (Å²) in [6, 6.07) is 1.99. The van der Waals surface area contributed by atoms with Crippen LogP contribution in [0.3, 0.4) is 0 Å². The van der Waals surface area contributed by atoms with Crippen molar-refractivity contribution in [2.24, 2.45) is 0 Å². The first-order chi connectivity index (χ1) is 10.7. The van der Waals surface area contributed by atoms with Gasteiger partial charge in [-0.15, -0.1) is 10.2 Å². The molecule has 0 saturated carbocycles. The maximum Gasteiger partial charge on any atom is 0.273 e. The molecule has 0 spiro atoms. The highest BCUT2D eigenvalue weighted by atomic mass is 16.5. The van der Waals surface area contributed by atoms with Crippen molar-refractivity contribution in [1.82, 2.24) is 30.5 Å². The molecule has 2 aromatic rings. The van der Waals surface area contributed by atoms with E-state index >= 15 is 0 Å². The van der Waals surface area contributed by atoms with Crippen molar-refractivity contribution in [3.63, 3.8) is 0 Å². The molecule has 0 unspecified atom stereocenters. The van der Waals surface area contributed by atoms with Crippen molar-refractivity contribution in [2.75, 3.05) is 20.3 Å². The van der Waals surface area contributed by atoms with E-state index in [0.717, 1.165) is 30.5 Å². The van der Waals surface area contributed by atoms with Gasteiger partial charge >= 0.3 is 0 Å². The van der Waals surface area contributed by atoms with Gasteiger partial charge in [-0.1, -0.05) is 0 Å². The Bertz CT molecular complexity index is 657. The largest absolute Gasteiger partial charge is 0.383 e. The molecule has 1 N–H and O–H groups in total. The smallest absolute Gasteiger partial charge is 0.273 e. The fourth-order valence-electron chi connectivity index (χ4n) is 2.81. The lowest BCUT2D eigenvalue weighted by Crippen LogP contribution is -2.38. The van der Waals surface area contributed by atoms with Gasteiger partial charge in [0.2, 0.25) is 5.82 Å². The molecule has 3 heterocycles. The first-order valence-electron chi connectivity index (χ1n) is 7.21. The molecule has 1 aliphatic rings. The van der Waals surface area contributed by atoms with Gasteiger partial charge in [0.15, 0.2) is 0 Å². The fraction of sp³-hybridized carbons (Fsp3) is 0.500. The van der Waals surface area contributed by atoms with Crippen molar-refractivity contribution >= 4 is 5.91 Å². The minimum Gasteiger partial charge on any atom is -0.383 e. The van der Waals surface area contributed by atoms with Gasteiger partial charge in [0.25, 0.3) is 5.91 Å². The molecule has 0 aliphatic carbocycles. The summed E-state index contributed by atoms with van der Waals surface area (Å²) in [7, 11) is 1.66. The Labute approximate surface area is 127 Å². The predicted octanol–water partition coefficient (Wildman–Crippen LogP) is 0.821. The van der Waals surface area contributed by atoms with Crippen LogP contribution in [0.15, 0.2) is 12.3 Å². The molecular weight excluding hydrogens is 284 g/mol. The molecular formula is C14H18N6O2. The van der Waals surface area contributed by atoms with Crippen LogP contribution in [0.2, 0.25) is 0 Å². The van der Waals surface area contributed by atoms with Crippen molar-refractivity contribution in [3.8, 4) is 11.4 Å². The Hall–Kier alpha value is -2.35. The molecule has 1 aliphatic heterocycles. The number of likely N-dealkylation sites (tertiary alicyclic amines) is 1. The average Bonchev–Trinajstić information content (AvgIpc) is 3.18. The van der Waals surface area contributed by atoms with Crippen LogP contribution in [0.1, 0.15) is 28.9 Å². The summed E-state index contributed by atoms with van der Waals surface area (Å²) < 4.78 is 5.20. The molecule has 1 atom stereocenters. The number of tetrazole rings is 1. The summed E-state index contributed by atoms with van der Waals surface area (Å²) in [5.74, 6) is 0.421. The second-order valence-corrected chi connectivity index (χ2v) is 5.37. The number of hydrogen-bond donors (Lipinski definition) is 1. The van der Waals surface area contributed by atoms with Gasteiger partial charge in [0.05, 0.1) is 12.6 Å². The number of hydrogen-bond acceptors (Lipinski definition) is 6. The lowest BCUT2D eigenvalue weighted by Gasteiger charge is -2.24. The molecule has 1 amide bonds. The standard InChI is InChI=1S/C14H18N6O2/c1-9-6-10(13-16-18-19-17-13)7-15-12(9)14(21)20-5-3-4-11(20)8-22-2/h6-7,11H,3-5,8H2,1-2H3,(H,16,17,18,19)/t11-/m0/s1. The van der Waals surface area contributed by atoms with Gasteiger partial charge in [0, 0.05) is 25.4 Å². The van der Waals surface area contributed by atoms with E-state index in [1.54, 1.807) is 13.3 Å². The van der Waals surface area contributed by atoms with Gasteiger partial charge in [-0.25, -0.2) is 0 Å². The van der Waals surface area contributed by atoms with Crippen LogP contribution in [0.5, 0.6) is 0 Å². The van der Waals surface area contributed by atoms with Crippen molar-refractivity contribution < 1.29 is 9.53 Å². The predicted molar refractivity (Wildman–Crippen MR) is 78.1 cm³/mol. The third kappa shape index (κ3) is 2.69. The Kier molecular flexibility index (Phi) is 4.10. The Morgan fingerprint density at radius 1 is 1.55 bits per heavy atom. The Morgan fingerprint density at radius 3 is 3.09 bits per heavy atom. The fourth-order valence-corrected chi connectivity index (χ4v) is 2.81. The van der Waals surface area contributed by atoms with E-state index in [1.807, 2.05) is 17.9 Å². The number of aromatic nitrogens is 5. The van der Waals surface area contributed by atoms with Gasteiger partial charge < -0.3 is 9.64 Å². The number of carbonyl (C=O) groups is 1. The highest BCUT2D eigenvalue weighted by molar-refractivity contribution is 5.94. The topological polar surface area (TPSA) is 96.9 Å². The number of aromatic amines is 1. The first kappa shape index (κ1) is 14.6. The summed E-state index contributed by atoms with van der Waals surface area (Å²) in [4.78, 5) is 18.9. The zero-order valence-corrected chi connectivity index (χ0v) is 12.6. The van der Waals surface area contributed by atoms with Crippen molar-refractivity contribution in [1.29, 1.82) is 0 Å². The number of rotatable bonds is 4. The van der Waals surface area contributed by atoms with Crippen LogP contribution in [0.4, 0.5) is 0 Å². The first-order valence-corrected chi connectivity index (χ1v) is 7.21. The zero-order valence-electron chi connectivity index (χ0n) is 12.6. The maximum atomic E-state index is 12.7. The second kappa shape index (κ2) is 6.18. The zero-order chi connectivity index (χ0) is 15.5. The molecule has 116 valence electrons. The van der Waals surface area contributed by atoms with E-state index < -0.39 is 0 Å². The molecule has 0 bridgehead atoms. The van der Waals surface area contributed by atoms with Gasteiger partial charge in [-0.3, -0.25) is 9.78 Å². The summed E-state index contributed by atoms with van der Waals surface area (Å²) in [5.41, 5.74) is 2.00. The van der Waals surface area contributed by atoms with E-state index in [4.69, 9.17) is 4.74 Å². The number of H-pyrrole nitrogens is 1. The van der Waals surface area contributed by atoms with E-state index in [-0.39, 0.29) is 11.9 Å². The average molecular weight is 302 g/mol. The van der Waals surface area contributed by atoms with E-state index in [1.165, 1.54) is 0 Å². The quantitative estimate of drug-likeness (QED) is 0.898. The normalized spacial score (nSPS) is 17.9. The molecule has 0 aromatic carbocycles. The minimum atomic E-state index is -0.0447. The van der Waals surface area contributed by atoms with Crippen LogP contribution in [-0.4, -0.2) is 62.7 Å². The monoisotopic (exact) mass is 302 g/mol. The molecule has 1 fully saturated rings. The number of amides is 1. The van der Waals surface area contributed by atoms with E-state index in [2.05, 4.69) is 25.6 Å². The van der Waals surface area contributed by atoms with Gasteiger partial charge in [-0.2, -0.15) is 5.21 Å². The summed E-state index contributed by atoms with van der Waals surface area (Å²) in [5, 5.41) is 13.8. The van der Waals surface area contributed by atoms with Crippen LogP contribution < -0.4 is 0 Å². The van der Waals surface area contributed by atoms with Crippen molar-refractivity contribution in [3.05, 3.63) is 23.5 Å². The second-order valence-electron chi connectivity index (χ2n) is 5.37. The summed E-state index contributed by atoms with van der Waals surface area (Å²) in [6.07, 6.45) is 3.58. The maximum absolute atomic E-state index is 12.7. The van der Waals surface area contributed by atoms with Crippen LogP contribution in [0.25, 0.3) is 11.4 Å². The SMILES string of the molecule is COC[C@@H]1CCCN1C(=O)c1ncc(-c2nn[nH]n2)cc1C. The number of aryl methyl sites for hydroxylation is 1. The third-order valence-corrected chi connectivity index (χ3v) is 3.88. The van der Waals surface area contributed by atoms with Crippen LogP contribution >= 0.6 is 0 Å². The van der Waals surface area contributed by atoms with E-state index in [0.29, 0.717) is 18.1 Å².